The number of pyridine rings is 1. The summed E-state index contributed by atoms with van der Waals surface area (Å²) < 4.78 is 5.86. The molecule has 4 aromatic rings. The first-order chi connectivity index (χ1) is 12.3. The first kappa shape index (κ1) is 14.9. The van der Waals surface area contributed by atoms with Crippen molar-refractivity contribution >= 4 is 22.8 Å². The lowest BCUT2D eigenvalue weighted by Gasteiger charge is -2.12. The van der Waals surface area contributed by atoms with E-state index in [4.69, 9.17) is 4.74 Å². The van der Waals surface area contributed by atoms with Crippen LogP contribution in [0.3, 0.4) is 0 Å². The number of nitrogens with one attached hydrogen (secondary N) is 2. The zero-order valence-electron chi connectivity index (χ0n) is 13.1. The van der Waals surface area contributed by atoms with Crippen LogP contribution in [0.5, 0.6) is 11.5 Å². The smallest absolute Gasteiger partial charge is 0.257 e. The van der Waals surface area contributed by atoms with Crippen molar-refractivity contribution in [3.8, 4) is 11.5 Å². The number of imidazole rings is 1. The molecule has 0 radical (unpaired) electrons. The molecule has 0 spiro atoms. The van der Waals surface area contributed by atoms with Gasteiger partial charge in [-0.25, -0.2) is 9.97 Å². The number of benzene rings is 2. The van der Waals surface area contributed by atoms with Gasteiger partial charge in [0.15, 0.2) is 11.4 Å². The van der Waals surface area contributed by atoms with Gasteiger partial charge in [-0.2, -0.15) is 0 Å². The van der Waals surface area contributed by atoms with Gasteiger partial charge >= 0.3 is 0 Å². The standard InChI is InChI=1S/C19H14N4O2/c24-19(13-10-16-18(20-11-13)22-12-21-16)23-15-8-4-5-9-17(15)25-14-6-2-1-3-7-14/h1-12H,(H,23,24)(H,20,21,22). The highest BCUT2D eigenvalue weighted by molar-refractivity contribution is 6.06. The number of hydrogen-bond acceptors (Lipinski definition) is 4. The van der Waals surface area contributed by atoms with Crippen molar-refractivity contribution in [3.63, 3.8) is 0 Å². The van der Waals surface area contributed by atoms with Gasteiger partial charge in [-0.05, 0) is 30.3 Å². The Hall–Kier alpha value is -3.67. The molecule has 2 aromatic heterocycles. The van der Waals surface area contributed by atoms with Crippen molar-refractivity contribution < 1.29 is 9.53 Å². The minimum Gasteiger partial charge on any atom is -0.455 e. The molecule has 122 valence electrons. The summed E-state index contributed by atoms with van der Waals surface area (Å²) in [7, 11) is 0. The number of H-pyrrole nitrogens is 1. The summed E-state index contributed by atoms with van der Waals surface area (Å²) in [5, 5.41) is 2.87. The number of ether oxygens (including phenoxy) is 1. The van der Waals surface area contributed by atoms with Crippen LogP contribution in [0.2, 0.25) is 0 Å². The summed E-state index contributed by atoms with van der Waals surface area (Å²) in [6, 6.07) is 18.4. The minimum atomic E-state index is -0.270. The monoisotopic (exact) mass is 330 g/mol. The summed E-state index contributed by atoms with van der Waals surface area (Å²) in [5.74, 6) is 0.996. The Labute approximate surface area is 143 Å². The van der Waals surface area contributed by atoms with Gasteiger partial charge in [0.05, 0.1) is 23.1 Å². The maximum atomic E-state index is 12.5. The Morgan fingerprint density at radius 3 is 2.68 bits per heavy atom. The Bertz CT molecular complexity index is 1030. The molecule has 0 aliphatic heterocycles. The molecule has 0 atom stereocenters. The Morgan fingerprint density at radius 1 is 1.00 bits per heavy atom. The summed E-state index contributed by atoms with van der Waals surface area (Å²) in [6.45, 7) is 0. The van der Waals surface area contributed by atoms with E-state index in [0.717, 1.165) is 0 Å². The fourth-order valence-corrected chi connectivity index (χ4v) is 2.42. The van der Waals surface area contributed by atoms with Crippen LogP contribution in [-0.2, 0) is 0 Å². The number of carbonyl (C=O) groups is 1. The summed E-state index contributed by atoms with van der Waals surface area (Å²) in [4.78, 5) is 23.7. The number of para-hydroxylation sites is 3. The molecule has 6 heteroatoms. The fraction of sp³-hybridized carbons (Fsp3) is 0. The average Bonchev–Trinajstić information content (AvgIpc) is 3.12. The zero-order chi connectivity index (χ0) is 17.1. The third-order valence-electron chi connectivity index (χ3n) is 3.64. The van der Waals surface area contributed by atoms with E-state index in [-0.39, 0.29) is 5.91 Å². The lowest BCUT2D eigenvalue weighted by Crippen LogP contribution is -2.12. The van der Waals surface area contributed by atoms with Crippen LogP contribution in [0, 0.1) is 0 Å². The summed E-state index contributed by atoms with van der Waals surface area (Å²) in [5.41, 5.74) is 2.30. The largest absolute Gasteiger partial charge is 0.455 e. The number of carbonyl (C=O) groups excluding carboxylic acids is 1. The number of hydrogen-bond donors (Lipinski definition) is 2. The molecule has 0 aliphatic carbocycles. The molecular weight excluding hydrogens is 316 g/mol. The third kappa shape index (κ3) is 3.18. The molecule has 6 nitrogen and oxygen atoms in total. The van der Waals surface area contributed by atoms with E-state index in [2.05, 4.69) is 20.3 Å². The number of nitrogens with zero attached hydrogens (tertiary/aromatic N) is 2. The van der Waals surface area contributed by atoms with Crippen LogP contribution in [0.1, 0.15) is 10.4 Å². The molecule has 0 bridgehead atoms. The van der Waals surface area contributed by atoms with Crippen molar-refractivity contribution in [2.75, 3.05) is 5.32 Å². The number of fused-ring (bicyclic) bond motifs is 1. The first-order valence-electron chi connectivity index (χ1n) is 7.72. The normalized spacial score (nSPS) is 10.6. The molecule has 1 amide bonds. The third-order valence-corrected chi connectivity index (χ3v) is 3.64. The van der Waals surface area contributed by atoms with Crippen molar-refractivity contribution in [2.45, 2.75) is 0 Å². The molecule has 25 heavy (non-hydrogen) atoms. The highest BCUT2D eigenvalue weighted by atomic mass is 16.5. The van der Waals surface area contributed by atoms with E-state index in [1.165, 1.54) is 6.20 Å². The van der Waals surface area contributed by atoms with Crippen LogP contribution >= 0.6 is 0 Å². The Balaban J connectivity index is 1.58. The van der Waals surface area contributed by atoms with Gasteiger partial charge in [-0.3, -0.25) is 4.79 Å². The van der Waals surface area contributed by atoms with Crippen molar-refractivity contribution in [1.82, 2.24) is 15.0 Å². The van der Waals surface area contributed by atoms with E-state index in [1.54, 1.807) is 24.5 Å². The van der Waals surface area contributed by atoms with Crippen LogP contribution in [0.15, 0.2) is 73.2 Å². The number of aromatic nitrogens is 3. The minimum absolute atomic E-state index is 0.270. The summed E-state index contributed by atoms with van der Waals surface area (Å²) >= 11 is 0. The molecule has 0 aliphatic rings. The predicted molar refractivity (Wildman–Crippen MR) is 94.8 cm³/mol. The average molecular weight is 330 g/mol. The van der Waals surface area contributed by atoms with E-state index in [0.29, 0.717) is 33.9 Å². The molecular formula is C19H14N4O2. The van der Waals surface area contributed by atoms with Crippen LogP contribution in [0.4, 0.5) is 5.69 Å². The van der Waals surface area contributed by atoms with E-state index < -0.39 is 0 Å². The topological polar surface area (TPSA) is 79.9 Å². The van der Waals surface area contributed by atoms with Gasteiger partial charge in [0.1, 0.15) is 5.75 Å². The lowest BCUT2D eigenvalue weighted by molar-refractivity contribution is 0.102. The molecule has 2 heterocycles. The number of rotatable bonds is 4. The molecule has 0 saturated heterocycles. The zero-order valence-corrected chi connectivity index (χ0v) is 13.1. The lowest BCUT2D eigenvalue weighted by atomic mass is 10.2. The Morgan fingerprint density at radius 2 is 1.80 bits per heavy atom. The molecule has 2 aromatic carbocycles. The van der Waals surface area contributed by atoms with Gasteiger partial charge in [-0.1, -0.05) is 30.3 Å². The van der Waals surface area contributed by atoms with Gasteiger partial charge < -0.3 is 15.0 Å². The number of amides is 1. The van der Waals surface area contributed by atoms with Gasteiger partial charge in [0.2, 0.25) is 0 Å². The summed E-state index contributed by atoms with van der Waals surface area (Å²) in [6.07, 6.45) is 3.04. The second kappa shape index (κ2) is 6.45. The maximum Gasteiger partial charge on any atom is 0.257 e. The van der Waals surface area contributed by atoms with Crippen LogP contribution in [0.25, 0.3) is 11.2 Å². The number of aromatic amines is 1. The molecule has 4 rings (SSSR count). The van der Waals surface area contributed by atoms with Gasteiger partial charge in [-0.15, -0.1) is 0 Å². The van der Waals surface area contributed by atoms with Crippen molar-refractivity contribution in [1.29, 1.82) is 0 Å². The van der Waals surface area contributed by atoms with E-state index in [1.807, 2.05) is 42.5 Å². The highest BCUT2D eigenvalue weighted by Crippen LogP contribution is 2.29. The second-order valence-corrected chi connectivity index (χ2v) is 5.36. The number of anilines is 1. The first-order valence-corrected chi connectivity index (χ1v) is 7.72. The van der Waals surface area contributed by atoms with Gasteiger partial charge in [0, 0.05) is 6.20 Å². The molecule has 0 fully saturated rings. The SMILES string of the molecule is O=C(Nc1ccccc1Oc1ccccc1)c1cnc2nc[nH]c2c1. The maximum absolute atomic E-state index is 12.5. The van der Waals surface area contributed by atoms with E-state index >= 15 is 0 Å². The van der Waals surface area contributed by atoms with Crippen LogP contribution < -0.4 is 10.1 Å². The second-order valence-electron chi connectivity index (χ2n) is 5.36. The molecule has 0 unspecified atom stereocenters. The Kier molecular flexibility index (Phi) is 3.84. The van der Waals surface area contributed by atoms with Gasteiger partial charge in [0.25, 0.3) is 5.91 Å². The molecule has 2 N–H and O–H groups in total. The van der Waals surface area contributed by atoms with Crippen molar-refractivity contribution in [2.24, 2.45) is 0 Å². The van der Waals surface area contributed by atoms with Crippen LogP contribution in [-0.4, -0.2) is 20.9 Å². The van der Waals surface area contributed by atoms with Crippen molar-refractivity contribution in [3.05, 3.63) is 78.8 Å². The predicted octanol–water partition coefficient (Wildman–Crippen LogP) is 4.00. The quantitative estimate of drug-likeness (QED) is 0.592. The highest BCUT2D eigenvalue weighted by Gasteiger charge is 2.12. The fourth-order valence-electron chi connectivity index (χ4n) is 2.42. The van der Waals surface area contributed by atoms with E-state index in [9.17, 15) is 4.79 Å². The molecule has 0 saturated carbocycles.